The fourth-order valence-corrected chi connectivity index (χ4v) is 4.41. The van der Waals surface area contributed by atoms with Crippen molar-refractivity contribution in [3.05, 3.63) is 42.0 Å². The molecule has 0 bridgehead atoms. The quantitative estimate of drug-likeness (QED) is 0.481. The van der Waals surface area contributed by atoms with Crippen molar-refractivity contribution in [1.29, 1.82) is 0 Å². The number of rotatable bonds is 5. The van der Waals surface area contributed by atoms with Crippen molar-refractivity contribution in [1.82, 2.24) is 9.73 Å². The number of hydrogen-bond donors (Lipinski definition) is 1. The van der Waals surface area contributed by atoms with Gasteiger partial charge >= 0.3 is 0 Å². The summed E-state index contributed by atoms with van der Waals surface area (Å²) in [7, 11) is -3.63. The van der Waals surface area contributed by atoms with Crippen LogP contribution in [0, 0.1) is 5.92 Å². The SMILES string of the molecule is O=C(N/N=C\[C@H]1CC=CCC1)c1cccc(S(=O)(=O)N2CCOCC2)c1. The molecule has 8 heteroatoms. The molecule has 1 N–H and O–H groups in total. The number of nitrogens with one attached hydrogen (secondary N) is 1. The fraction of sp³-hybridized carbons (Fsp3) is 0.444. The van der Waals surface area contributed by atoms with E-state index in [0.29, 0.717) is 32.2 Å². The van der Waals surface area contributed by atoms with Crippen LogP contribution in [0.15, 0.2) is 46.4 Å². The van der Waals surface area contributed by atoms with Crippen LogP contribution < -0.4 is 5.43 Å². The van der Waals surface area contributed by atoms with Gasteiger partial charge in [0, 0.05) is 24.9 Å². The van der Waals surface area contributed by atoms with E-state index >= 15 is 0 Å². The summed E-state index contributed by atoms with van der Waals surface area (Å²) in [6.45, 7) is 1.40. The number of nitrogens with zero attached hydrogens (tertiary/aromatic N) is 2. The Hall–Kier alpha value is -2.03. The molecular weight excluding hydrogens is 354 g/mol. The Kier molecular flexibility index (Phi) is 6.18. The minimum atomic E-state index is -3.63. The maximum Gasteiger partial charge on any atom is 0.271 e. The third-order valence-corrected chi connectivity index (χ3v) is 6.36. The van der Waals surface area contributed by atoms with Gasteiger partial charge in [-0.2, -0.15) is 9.41 Å². The first-order valence-corrected chi connectivity index (χ1v) is 10.2. The van der Waals surface area contributed by atoms with Gasteiger partial charge in [-0.1, -0.05) is 18.2 Å². The molecule has 1 fully saturated rings. The van der Waals surface area contributed by atoms with Crippen molar-refractivity contribution in [2.75, 3.05) is 26.3 Å². The number of allylic oxidation sites excluding steroid dienone is 2. The average molecular weight is 377 g/mol. The molecular formula is C18H23N3O4S. The molecule has 1 amide bonds. The summed E-state index contributed by atoms with van der Waals surface area (Å²) < 4.78 is 31.9. The second kappa shape index (κ2) is 8.57. The van der Waals surface area contributed by atoms with E-state index in [0.717, 1.165) is 19.3 Å². The van der Waals surface area contributed by atoms with Crippen molar-refractivity contribution in [2.24, 2.45) is 11.0 Å². The molecule has 1 aromatic rings. The fourth-order valence-electron chi connectivity index (χ4n) is 2.95. The Morgan fingerprint density at radius 3 is 2.81 bits per heavy atom. The molecule has 140 valence electrons. The van der Waals surface area contributed by atoms with Crippen molar-refractivity contribution in [2.45, 2.75) is 24.2 Å². The van der Waals surface area contributed by atoms with Gasteiger partial charge in [0.05, 0.1) is 18.1 Å². The second-order valence-electron chi connectivity index (χ2n) is 6.31. The van der Waals surface area contributed by atoms with Gasteiger partial charge in [0.25, 0.3) is 5.91 Å². The normalized spacial score (nSPS) is 21.8. The molecule has 0 saturated carbocycles. The second-order valence-corrected chi connectivity index (χ2v) is 8.25. The maximum atomic E-state index is 12.7. The van der Waals surface area contributed by atoms with Crippen LogP contribution in [-0.4, -0.2) is 51.1 Å². The van der Waals surface area contributed by atoms with Gasteiger partial charge in [-0.05, 0) is 43.4 Å². The van der Waals surface area contributed by atoms with Crippen molar-refractivity contribution in [3.63, 3.8) is 0 Å². The van der Waals surface area contributed by atoms with E-state index in [1.807, 2.05) is 0 Å². The van der Waals surface area contributed by atoms with Crippen LogP contribution in [0.2, 0.25) is 0 Å². The van der Waals surface area contributed by atoms with Gasteiger partial charge in [-0.15, -0.1) is 0 Å². The molecule has 0 spiro atoms. The molecule has 1 aliphatic carbocycles. The molecule has 1 heterocycles. The zero-order chi connectivity index (χ0) is 18.4. The molecule has 0 aromatic heterocycles. The third-order valence-electron chi connectivity index (χ3n) is 4.47. The van der Waals surface area contributed by atoms with Gasteiger partial charge in [0.15, 0.2) is 0 Å². The smallest absolute Gasteiger partial charge is 0.271 e. The van der Waals surface area contributed by atoms with E-state index in [1.165, 1.54) is 16.4 Å². The maximum absolute atomic E-state index is 12.7. The van der Waals surface area contributed by atoms with E-state index in [-0.39, 0.29) is 10.5 Å². The zero-order valence-electron chi connectivity index (χ0n) is 14.5. The van der Waals surface area contributed by atoms with Crippen LogP contribution in [-0.2, 0) is 14.8 Å². The first-order valence-electron chi connectivity index (χ1n) is 8.74. The van der Waals surface area contributed by atoms with Crippen molar-refractivity contribution < 1.29 is 17.9 Å². The number of benzene rings is 1. The number of morpholine rings is 1. The van der Waals surface area contributed by atoms with E-state index in [4.69, 9.17) is 4.74 Å². The van der Waals surface area contributed by atoms with Crippen LogP contribution in [0.3, 0.4) is 0 Å². The average Bonchev–Trinajstić information content (AvgIpc) is 2.69. The lowest BCUT2D eigenvalue weighted by molar-refractivity contribution is 0.0730. The number of ether oxygens (including phenoxy) is 1. The number of carbonyl (C=O) groups is 1. The molecule has 1 aromatic carbocycles. The molecule has 0 radical (unpaired) electrons. The zero-order valence-corrected chi connectivity index (χ0v) is 15.3. The minimum absolute atomic E-state index is 0.105. The first-order chi connectivity index (χ1) is 12.6. The Balaban J connectivity index is 1.67. The van der Waals surface area contributed by atoms with Gasteiger partial charge in [0.2, 0.25) is 10.0 Å². The standard InChI is InChI=1S/C18H23N3O4S/c22-18(20-19-14-15-5-2-1-3-6-15)16-7-4-8-17(13-16)26(23,24)21-9-11-25-12-10-21/h1-2,4,7-8,13-15H,3,5-6,9-12H2,(H,20,22)/b19-14-/t15-/m0/s1. The van der Waals surface area contributed by atoms with Gasteiger partial charge in [-0.25, -0.2) is 13.8 Å². The lowest BCUT2D eigenvalue weighted by atomic mass is 9.96. The summed E-state index contributed by atoms with van der Waals surface area (Å²) >= 11 is 0. The molecule has 0 unspecified atom stereocenters. The number of carbonyl (C=O) groups excluding carboxylic acids is 1. The highest BCUT2D eigenvalue weighted by atomic mass is 32.2. The number of hydrazone groups is 1. The Morgan fingerprint density at radius 1 is 1.27 bits per heavy atom. The summed E-state index contributed by atoms with van der Waals surface area (Å²) in [5.74, 6) is -0.0973. The molecule has 2 aliphatic rings. The van der Waals surface area contributed by atoms with Crippen molar-refractivity contribution in [3.8, 4) is 0 Å². The Morgan fingerprint density at radius 2 is 2.08 bits per heavy atom. The summed E-state index contributed by atoms with van der Waals surface area (Å²) in [5.41, 5.74) is 2.75. The summed E-state index contributed by atoms with van der Waals surface area (Å²) in [4.78, 5) is 12.4. The number of amides is 1. The third kappa shape index (κ3) is 4.57. The topological polar surface area (TPSA) is 88.1 Å². The van der Waals surface area contributed by atoms with E-state index in [9.17, 15) is 13.2 Å². The van der Waals surface area contributed by atoms with E-state index in [2.05, 4.69) is 22.7 Å². The highest BCUT2D eigenvalue weighted by Crippen LogP contribution is 2.18. The van der Waals surface area contributed by atoms with Crippen LogP contribution in [0.5, 0.6) is 0 Å². The van der Waals surface area contributed by atoms with Crippen LogP contribution in [0.4, 0.5) is 0 Å². The molecule has 1 atom stereocenters. The Bertz CT molecular complexity index is 798. The lowest BCUT2D eigenvalue weighted by Crippen LogP contribution is -2.40. The first kappa shape index (κ1) is 18.8. The molecule has 3 rings (SSSR count). The van der Waals surface area contributed by atoms with Crippen LogP contribution in [0.25, 0.3) is 0 Å². The summed E-state index contributed by atoms with van der Waals surface area (Å²) in [6, 6.07) is 6.03. The number of hydrogen-bond acceptors (Lipinski definition) is 5. The van der Waals surface area contributed by atoms with Crippen LogP contribution >= 0.6 is 0 Å². The monoisotopic (exact) mass is 377 g/mol. The molecule has 1 aliphatic heterocycles. The molecule has 1 saturated heterocycles. The summed E-state index contributed by atoms with van der Waals surface area (Å²) in [6.07, 6.45) is 8.96. The Labute approximate surface area is 153 Å². The number of sulfonamides is 1. The molecule has 26 heavy (non-hydrogen) atoms. The predicted molar refractivity (Wildman–Crippen MR) is 98.5 cm³/mol. The largest absolute Gasteiger partial charge is 0.379 e. The predicted octanol–water partition coefficient (Wildman–Crippen LogP) is 1.78. The van der Waals surface area contributed by atoms with E-state index in [1.54, 1.807) is 18.3 Å². The summed E-state index contributed by atoms with van der Waals surface area (Å²) in [5, 5.41) is 4.02. The van der Waals surface area contributed by atoms with E-state index < -0.39 is 15.9 Å². The minimum Gasteiger partial charge on any atom is -0.379 e. The lowest BCUT2D eigenvalue weighted by Gasteiger charge is -2.26. The van der Waals surface area contributed by atoms with Crippen molar-refractivity contribution >= 4 is 22.1 Å². The van der Waals surface area contributed by atoms with Gasteiger partial charge in [0.1, 0.15) is 0 Å². The van der Waals surface area contributed by atoms with Gasteiger partial charge in [-0.3, -0.25) is 4.79 Å². The molecule has 7 nitrogen and oxygen atoms in total. The highest BCUT2D eigenvalue weighted by molar-refractivity contribution is 7.89. The highest BCUT2D eigenvalue weighted by Gasteiger charge is 2.26. The van der Waals surface area contributed by atoms with Crippen LogP contribution in [0.1, 0.15) is 29.6 Å². The van der Waals surface area contributed by atoms with Gasteiger partial charge < -0.3 is 4.74 Å².